The van der Waals surface area contributed by atoms with Gasteiger partial charge in [-0.1, -0.05) is 11.3 Å². The third kappa shape index (κ3) is 5.36. The largest absolute Gasteiger partial charge is 0.573 e. The van der Waals surface area contributed by atoms with Gasteiger partial charge in [-0.2, -0.15) is 4.31 Å². The zero-order chi connectivity index (χ0) is 25.5. The number of alkyl halides is 3. The zero-order valence-electron chi connectivity index (χ0n) is 18.4. The highest BCUT2D eigenvalue weighted by Gasteiger charge is 2.41. The SMILES string of the molecule is CC(=O)N1CCc2nc(N3CCN(S(=O)(=O)c4ccc(OC(F)(F)F)cc4)[C@@H](C(=O)O)C3)sc2C1. The molecule has 190 valence electrons. The molecule has 0 aliphatic carbocycles. The molecule has 1 N–H and O–H groups in total. The molecule has 10 nitrogen and oxygen atoms in total. The quantitative estimate of drug-likeness (QED) is 0.618. The smallest absolute Gasteiger partial charge is 0.480 e. The molecule has 1 aromatic carbocycles. The molecular weight excluding hydrogens is 513 g/mol. The molecule has 2 aromatic rings. The summed E-state index contributed by atoms with van der Waals surface area (Å²) in [5, 5.41) is 10.3. The van der Waals surface area contributed by atoms with Gasteiger partial charge in [0.2, 0.25) is 15.9 Å². The molecule has 0 unspecified atom stereocenters. The number of fused-ring (bicyclic) bond motifs is 1. The number of carboxylic acid groups (broad SMARTS) is 1. The van der Waals surface area contributed by atoms with Gasteiger partial charge in [0.1, 0.15) is 11.8 Å². The van der Waals surface area contributed by atoms with E-state index in [1.807, 2.05) is 0 Å². The van der Waals surface area contributed by atoms with E-state index >= 15 is 0 Å². The Morgan fingerprint density at radius 1 is 1.17 bits per heavy atom. The van der Waals surface area contributed by atoms with E-state index in [1.54, 1.807) is 9.80 Å². The van der Waals surface area contributed by atoms with E-state index in [4.69, 9.17) is 0 Å². The summed E-state index contributed by atoms with van der Waals surface area (Å²) in [6, 6.07) is 2.16. The van der Waals surface area contributed by atoms with Crippen LogP contribution in [-0.2, 0) is 32.6 Å². The zero-order valence-corrected chi connectivity index (χ0v) is 20.0. The maximum absolute atomic E-state index is 13.1. The lowest BCUT2D eigenvalue weighted by Gasteiger charge is -2.38. The fourth-order valence-electron chi connectivity index (χ4n) is 3.96. The van der Waals surface area contributed by atoms with Crippen molar-refractivity contribution in [2.45, 2.75) is 37.2 Å². The number of carboxylic acids is 1. The fraction of sp³-hybridized carbons (Fsp3) is 0.450. The van der Waals surface area contributed by atoms with Crippen LogP contribution in [0.5, 0.6) is 5.75 Å². The van der Waals surface area contributed by atoms with Gasteiger partial charge in [-0.15, -0.1) is 13.2 Å². The van der Waals surface area contributed by atoms with E-state index in [-0.39, 0.29) is 30.4 Å². The first-order chi connectivity index (χ1) is 16.3. The van der Waals surface area contributed by atoms with Crippen LogP contribution in [0.25, 0.3) is 0 Å². The van der Waals surface area contributed by atoms with Crippen molar-refractivity contribution in [3.63, 3.8) is 0 Å². The van der Waals surface area contributed by atoms with Crippen molar-refractivity contribution >= 4 is 38.4 Å². The summed E-state index contributed by atoms with van der Waals surface area (Å²) in [6.07, 6.45) is -4.35. The Bertz CT molecular complexity index is 1230. The van der Waals surface area contributed by atoms with Crippen LogP contribution < -0.4 is 9.64 Å². The minimum atomic E-state index is -4.93. The van der Waals surface area contributed by atoms with Crippen molar-refractivity contribution < 1.29 is 41.0 Å². The fourth-order valence-corrected chi connectivity index (χ4v) is 6.69. The average molecular weight is 535 g/mol. The van der Waals surface area contributed by atoms with Gasteiger partial charge < -0.3 is 19.6 Å². The van der Waals surface area contributed by atoms with Gasteiger partial charge in [-0.3, -0.25) is 9.59 Å². The monoisotopic (exact) mass is 534 g/mol. The van der Waals surface area contributed by atoms with Gasteiger partial charge in [0, 0.05) is 44.4 Å². The van der Waals surface area contributed by atoms with Crippen molar-refractivity contribution in [1.29, 1.82) is 0 Å². The highest BCUT2D eigenvalue weighted by molar-refractivity contribution is 7.89. The van der Waals surface area contributed by atoms with Gasteiger partial charge in [0.15, 0.2) is 5.13 Å². The topological polar surface area (TPSA) is 120 Å². The number of amides is 1. The summed E-state index contributed by atoms with van der Waals surface area (Å²) in [4.78, 5) is 32.2. The Morgan fingerprint density at radius 2 is 1.86 bits per heavy atom. The lowest BCUT2D eigenvalue weighted by atomic mass is 10.2. The molecule has 2 aliphatic heterocycles. The Labute approximate surface area is 202 Å². The van der Waals surface area contributed by atoms with E-state index in [9.17, 15) is 36.3 Å². The highest BCUT2D eigenvalue weighted by atomic mass is 32.2. The number of anilines is 1. The number of aliphatic carboxylic acids is 1. The molecule has 0 radical (unpaired) electrons. The van der Waals surface area contributed by atoms with Crippen LogP contribution >= 0.6 is 11.3 Å². The van der Waals surface area contributed by atoms with E-state index in [0.29, 0.717) is 24.6 Å². The molecular formula is C20H21F3N4O6S2. The van der Waals surface area contributed by atoms with Gasteiger partial charge in [0.25, 0.3) is 0 Å². The van der Waals surface area contributed by atoms with E-state index in [2.05, 4.69) is 9.72 Å². The van der Waals surface area contributed by atoms with E-state index < -0.39 is 34.1 Å². The summed E-state index contributed by atoms with van der Waals surface area (Å²) in [7, 11) is -4.31. The summed E-state index contributed by atoms with van der Waals surface area (Å²) in [5.41, 5.74) is 0.839. The predicted octanol–water partition coefficient (Wildman–Crippen LogP) is 1.91. The molecule has 4 rings (SSSR count). The molecule has 1 fully saturated rings. The predicted molar refractivity (Wildman–Crippen MR) is 118 cm³/mol. The first kappa shape index (κ1) is 25.2. The van der Waals surface area contributed by atoms with Crippen LogP contribution in [-0.4, -0.2) is 78.2 Å². The number of thiazole rings is 1. The minimum Gasteiger partial charge on any atom is -0.480 e. The molecule has 2 aliphatic rings. The third-order valence-corrected chi connectivity index (χ3v) is 8.78. The Kier molecular flexibility index (Phi) is 6.68. The molecule has 1 atom stereocenters. The number of aromatic nitrogens is 1. The maximum atomic E-state index is 13.1. The molecule has 1 amide bonds. The van der Waals surface area contributed by atoms with E-state index in [1.165, 1.54) is 18.3 Å². The van der Waals surface area contributed by atoms with Crippen LogP contribution in [0, 0.1) is 0 Å². The summed E-state index contributed by atoms with van der Waals surface area (Å²) in [6.45, 7) is 2.30. The number of hydrogen-bond acceptors (Lipinski definition) is 8. The molecule has 1 saturated heterocycles. The Hall–Kier alpha value is -2.91. The molecule has 3 heterocycles. The first-order valence-electron chi connectivity index (χ1n) is 10.4. The highest BCUT2D eigenvalue weighted by Crippen LogP contribution is 2.33. The summed E-state index contributed by atoms with van der Waals surface area (Å²) >= 11 is 1.34. The average Bonchev–Trinajstić information content (AvgIpc) is 3.21. The van der Waals surface area contributed by atoms with Gasteiger partial charge in [-0.25, -0.2) is 13.4 Å². The second-order valence-corrected chi connectivity index (χ2v) is 10.9. The number of rotatable bonds is 5. The van der Waals surface area contributed by atoms with Crippen LogP contribution in [0.15, 0.2) is 29.2 Å². The van der Waals surface area contributed by atoms with Gasteiger partial charge >= 0.3 is 12.3 Å². The second-order valence-electron chi connectivity index (χ2n) is 7.99. The normalized spacial score (nSPS) is 19.4. The summed E-state index contributed by atoms with van der Waals surface area (Å²) < 4.78 is 68.0. The molecule has 15 heteroatoms. The molecule has 0 saturated carbocycles. The van der Waals surface area contributed by atoms with Crippen LogP contribution in [0.4, 0.5) is 18.3 Å². The lowest BCUT2D eigenvalue weighted by Crippen LogP contribution is -2.58. The standard InChI is InChI=1S/C20H21F3N4O6S2/c1-12(28)25-7-6-15-17(11-25)34-19(24-15)26-8-9-27(16(10-26)18(29)30)35(31,32)14-4-2-13(3-5-14)33-20(21,22)23/h2-5,16H,6-11H2,1H3,(H,29,30)/t16-/m1/s1. The van der Waals surface area contributed by atoms with Crippen molar-refractivity contribution in [3.05, 3.63) is 34.8 Å². The number of carbonyl (C=O) groups excluding carboxylic acids is 1. The maximum Gasteiger partial charge on any atom is 0.573 e. The van der Waals surface area contributed by atoms with Crippen molar-refractivity contribution in [2.75, 3.05) is 31.1 Å². The lowest BCUT2D eigenvalue weighted by molar-refractivity contribution is -0.274. The molecule has 0 bridgehead atoms. The number of hydrogen-bond donors (Lipinski definition) is 1. The first-order valence-corrected chi connectivity index (χ1v) is 12.7. The number of benzene rings is 1. The van der Waals surface area contributed by atoms with Crippen molar-refractivity contribution in [1.82, 2.24) is 14.2 Å². The van der Waals surface area contributed by atoms with E-state index in [0.717, 1.165) is 39.1 Å². The molecule has 1 aromatic heterocycles. The van der Waals surface area contributed by atoms with Crippen LogP contribution in [0.1, 0.15) is 17.5 Å². The van der Waals surface area contributed by atoms with Crippen LogP contribution in [0.3, 0.4) is 0 Å². The molecule has 0 spiro atoms. The van der Waals surface area contributed by atoms with Gasteiger partial charge in [0.05, 0.1) is 17.1 Å². The Balaban J connectivity index is 1.52. The number of nitrogens with zero attached hydrogens (tertiary/aromatic N) is 4. The minimum absolute atomic E-state index is 0.0478. The number of ether oxygens (including phenoxy) is 1. The molecule has 35 heavy (non-hydrogen) atoms. The van der Waals surface area contributed by atoms with Crippen LogP contribution in [0.2, 0.25) is 0 Å². The number of carbonyl (C=O) groups is 2. The van der Waals surface area contributed by atoms with Crippen molar-refractivity contribution in [2.24, 2.45) is 0 Å². The number of sulfonamides is 1. The Morgan fingerprint density at radius 3 is 2.46 bits per heavy atom. The van der Waals surface area contributed by atoms with Gasteiger partial charge in [-0.05, 0) is 24.3 Å². The number of piperazine rings is 1. The van der Waals surface area contributed by atoms with Crippen molar-refractivity contribution in [3.8, 4) is 5.75 Å². The number of halogens is 3. The summed E-state index contributed by atoms with van der Waals surface area (Å²) in [5.74, 6) is -2.00. The third-order valence-electron chi connectivity index (χ3n) is 5.72. The second kappa shape index (κ2) is 9.28.